The van der Waals surface area contributed by atoms with Crippen molar-refractivity contribution in [2.45, 2.75) is 64.9 Å². The first-order valence-electron chi connectivity index (χ1n) is 7.75. The van der Waals surface area contributed by atoms with Crippen LogP contribution in [0.15, 0.2) is 18.2 Å². The van der Waals surface area contributed by atoms with Gasteiger partial charge in [0, 0.05) is 10.6 Å². The van der Waals surface area contributed by atoms with Gasteiger partial charge in [0.1, 0.15) is 5.75 Å². The first-order valence-corrected chi connectivity index (χ1v) is 8.13. The Morgan fingerprint density at radius 3 is 2.40 bits per heavy atom. The van der Waals surface area contributed by atoms with Crippen molar-refractivity contribution in [2.24, 2.45) is 0 Å². The van der Waals surface area contributed by atoms with Gasteiger partial charge in [0.15, 0.2) is 0 Å². The number of benzene rings is 1. The first kappa shape index (κ1) is 17.3. The van der Waals surface area contributed by atoms with Crippen LogP contribution in [0.5, 0.6) is 5.75 Å². The van der Waals surface area contributed by atoms with Crippen molar-refractivity contribution in [3.05, 3.63) is 28.8 Å². The smallest absolute Gasteiger partial charge is 0.125 e. The van der Waals surface area contributed by atoms with Gasteiger partial charge in [0.05, 0.1) is 12.7 Å². The van der Waals surface area contributed by atoms with Gasteiger partial charge >= 0.3 is 0 Å². The zero-order valence-corrected chi connectivity index (χ0v) is 13.5. The average Bonchev–Trinajstić information content (AvgIpc) is 2.43. The lowest BCUT2D eigenvalue weighted by molar-refractivity contribution is 0.190. The lowest BCUT2D eigenvalue weighted by atomic mass is 10.1. The van der Waals surface area contributed by atoms with E-state index in [1.807, 2.05) is 6.07 Å². The van der Waals surface area contributed by atoms with E-state index in [0.717, 1.165) is 17.7 Å². The minimum absolute atomic E-state index is 0.558. The van der Waals surface area contributed by atoms with Crippen LogP contribution < -0.4 is 4.74 Å². The van der Waals surface area contributed by atoms with Crippen LogP contribution in [-0.4, -0.2) is 11.7 Å². The molecule has 1 aromatic rings. The van der Waals surface area contributed by atoms with E-state index in [2.05, 4.69) is 6.92 Å². The number of hydrogen-bond donors (Lipinski definition) is 1. The fourth-order valence-corrected chi connectivity index (χ4v) is 2.40. The second kappa shape index (κ2) is 10.1. The highest BCUT2D eigenvalue weighted by atomic mass is 35.5. The third-order valence-electron chi connectivity index (χ3n) is 3.43. The van der Waals surface area contributed by atoms with Crippen LogP contribution in [0.4, 0.5) is 0 Å². The fraction of sp³-hybridized carbons (Fsp3) is 0.647. The minimum atomic E-state index is -0.558. The van der Waals surface area contributed by atoms with E-state index in [-0.39, 0.29) is 0 Å². The Balaban J connectivity index is 2.25. The standard InChI is InChI=1S/C17H27ClO2/c1-3-4-5-6-7-8-9-12-20-17-11-10-15(18)13-16(17)14(2)19/h10-11,13-14,19H,3-9,12H2,1-2H3/t14-/m0/s1. The molecule has 0 saturated carbocycles. The molecule has 1 atom stereocenters. The molecule has 0 aliphatic heterocycles. The summed E-state index contributed by atoms with van der Waals surface area (Å²) in [6, 6.07) is 5.41. The summed E-state index contributed by atoms with van der Waals surface area (Å²) >= 11 is 5.94. The molecule has 0 spiro atoms. The predicted octanol–water partition coefficient (Wildman–Crippen LogP) is 5.52. The highest BCUT2D eigenvalue weighted by molar-refractivity contribution is 6.30. The second-order valence-electron chi connectivity index (χ2n) is 5.33. The van der Waals surface area contributed by atoms with Crippen molar-refractivity contribution in [2.75, 3.05) is 6.61 Å². The van der Waals surface area contributed by atoms with E-state index in [4.69, 9.17) is 16.3 Å². The Kier molecular flexibility index (Phi) is 8.72. The largest absolute Gasteiger partial charge is 0.493 e. The maximum Gasteiger partial charge on any atom is 0.125 e. The molecule has 114 valence electrons. The molecule has 0 aliphatic carbocycles. The first-order chi connectivity index (χ1) is 9.65. The lowest BCUT2D eigenvalue weighted by Crippen LogP contribution is -2.02. The van der Waals surface area contributed by atoms with Crippen molar-refractivity contribution in [3.8, 4) is 5.75 Å². The lowest BCUT2D eigenvalue weighted by Gasteiger charge is -2.13. The normalized spacial score (nSPS) is 12.4. The SMILES string of the molecule is CCCCCCCCCOc1ccc(Cl)cc1[C@H](C)O. The maximum absolute atomic E-state index is 9.71. The molecule has 0 bridgehead atoms. The summed E-state index contributed by atoms with van der Waals surface area (Å²) in [7, 11) is 0. The predicted molar refractivity (Wildman–Crippen MR) is 85.6 cm³/mol. The summed E-state index contributed by atoms with van der Waals surface area (Å²) in [5.74, 6) is 0.746. The zero-order chi connectivity index (χ0) is 14.8. The topological polar surface area (TPSA) is 29.5 Å². The van der Waals surface area contributed by atoms with Crippen LogP contribution in [0.1, 0.15) is 70.5 Å². The Morgan fingerprint density at radius 2 is 1.75 bits per heavy atom. The van der Waals surface area contributed by atoms with E-state index in [0.29, 0.717) is 11.6 Å². The van der Waals surface area contributed by atoms with Gasteiger partial charge in [-0.15, -0.1) is 0 Å². The van der Waals surface area contributed by atoms with Gasteiger partial charge in [0.25, 0.3) is 0 Å². The van der Waals surface area contributed by atoms with E-state index in [1.165, 1.54) is 38.5 Å². The summed E-state index contributed by atoms with van der Waals surface area (Å²) in [5.41, 5.74) is 0.764. The monoisotopic (exact) mass is 298 g/mol. The third-order valence-corrected chi connectivity index (χ3v) is 3.66. The van der Waals surface area contributed by atoms with Crippen LogP contribution in [-0.2, 0) is 0 Å². The van der Waals surface area contributed by atoms with E-state index >= 15 is 0 Å². The molecule has 3 heteroatoms. The molecule has 2 nitrogen and oxygen atoms in total. The van der Waals surface area contributed by atoms with E-state index in [1.54, 1.807) is 19.1 Å². The fourth-order valence-electron chi connectivity index (χ4n) is 2.22. The number of hydrogen-bond acceptors (Lipinski definition) is 2. The molecule has 0 amide bonds. The molecule has 0 aromatic heterocycles. The van der Waals surface area contributed by atoms with Crippen LogP contribution in [0.3, 0.4) is 0 Å². The maximum atomic E-state index is 9.71. The third kappa shape index (κ3) is 6.62. The average molecular weight is 299 g/mol. The van der Waals surface area contributed by atoms with Gasteiger partial charge in [-0.25, -0.2) is 0 Å². The molecule has 0 aliphatic rings. The number of halogens is 1. The quantitative estimate of drug-likeness (QED) is 0.576. The van der Waals surface area contributed by atoms with Gasteiger partial charge < -0.3 is 9.84 Å². The van der Waals surface area contributed by atoms with Gasteiger partial charge in [-0.2, -0.15) is 0 Å². The minimum Gasteiger partial charge on any atom is -0.493 e. The van der Waals surface area contributed by atoms with Crippen LogP contribution in [0, 0.1) is 0 Å². The van der Waals surface area contributed by atoms with Gasteiger partial charge in [-0.1, -0.05) is 57.0 Å². The van der Waals surface area contributed by atoms with Crippen molar-refractivity contribution >= 4 is 11.6 Å². The molecule has 0 heterocycles. The highest BCUT2D eigenvalue weighted by Crippen LogP contribution is 2.28. The molecule has 1 N–H and O–H groups in total. The molecule has 20 heavy (non-hydrogen) atoms. The number of unbranched alkanes of at least 4 members (excludes halogenated alkanes) is 6. The summed E-state index contributed by atoms with van der Waals surface area (Å²) < 4.78 is 5.76. The highest BCUT2D eigenvalue weighted by Gasteiger charge is 2.09. The van der Waals surface area contributed by atoms with Crippen LogP contribution in [0.2, 0.25) is 5.02 Å². The van der Waals surface area contributed by atoms with Gasteiger partial charge in [-0.05, 0) is 31.5 Å². The molecule has 0 fully saturated rings. The van der Waals surface area contributed by atoms with Crippen LogP contribution in [0.25, 0.3) is 0 Å². The van der Waals surface area contributed by atoms with E-state index < -0.39 is 6.10 Å². The van der Waals surface area contributed by atoms with Gasteiger partial charge in [0.2, 0.25) is 0 Å². The Hall–Kier alpha value is -0.730. The Morgan fingerprint density at radius 1 is 1.10 bits per heavy atom. The summed E-state index contributed by atoms with van der Waals surface area (Å²) in [4.78, 5) is 0. The summed E-state index contributed by atoms with van der Waals surface area (Å²) in [6.45, 7) is 4.67. The zero-order valence-electron chi connectivity index (χ0n) is 12.7. The summed E-state index contributed by atoms with van der Waals surface area (Å²) in [6.07, 6.45) is 8.32. The Bertz CT molecular complexity index is 377. The van der Waals surface area contributed by atoms with Crippen molar-refractivity contribution in [3.63, 3.8) is 0 Å². The number of aliphatic hydroxyl groups is 1. The van der Waals surface area contributed by atoms with Crippen molar-refractivity contribution in [1.82, 2.24) is 0 Å². The molecule has 1 rings (SSSR count). The molecule has 0 radical (unpaired) electrons. The number of ether oxygens (including phenoxy) is 1. The molecule has 1 aromatic carbocycles. The number of rotatable bonds is 10. The van der Waals surface area contributed by atoms with Crippen molar-refractivity contribution in [1.29, 1.82) is 0 Å². The molecular weight excluding hydrogens is 272 g/mol. The van der Waals surface area contributed by atoms with Crippen molar-refractivity contribution < 1.29 is 9.84 Å². The van der Waals surface area contributed by atoms with E-state index in [9.17, 15) is 5.11 Å². The summed E-state index contributed by atoms with van der Waals surface area (Å²) in [5, 5.41) is 10.3. The van der Waals surface area contributed by atoms with Gasteiger partial charge in [-0.3, -0.25) is 0 Å². The van der Waals surface area contributed by atoms with Crippen LogP contribution >= 0.6 is 11.6 Å². The molecular formula is C17H27ClO2. The second-order valence-corrected chi connectivity index (χ2v) is 5.76. The molecule has 0 saturated heterocycles. The molecule has 0 unspecified atom stereocenters. The Labute approximate surface area is 128 Å². The number of aliphatic hydroxyl groups excluding tert-OH is 1.